The van der Waals surface area contributed by atoms with Crippen LogP contribution in [0.25, 0.3) is 10.8 Å². The predicted molar refractivity (Wildman–Crippen MR) is 85.6 cm³/mol. The van der Waals surface area contributed by atoms with E-state index >= 15 is 0 Å². The molecule has 0 radical (unpaired) electrons. The number of nitrogens with one attached hydrogen (secondary N) is 2. The van der Waals surface area contributed by atoms with Crippen LogP contribution in [-0.4, -0.2) is 23.0 Å². The molecule has 1 aliphatic carbocycles. The highest BCUT2D eigenvalue weighted by Crippen LogP contribution is 2.34. The molecular weight excluding hydrogens is 262 g/mol. The van der Waals surface area contributed by atoms with E-state index in [0.29, 0.717) is 5.69 Å². The second-order valence-corrected chi connectivity index (χ2v) is 6.02. The number of carbonyl (C=O) groups excluding carboxylic acids is 1. The molecule has 1 aromatic carbocycles. The monoisotopic (exact) mass is 283 g/mol. The maximum absolute atomic E-state index is 12.4. The van der Waals surface area contributed by atoms with Crippen LogP contribution < -0.4 is 10.6 Å². The third-order valence-corrected chi connectivity index (χ3v) is 3.93. The van der Waals surface area contributed by atoms with Gasteiger partial charge in [0.1, 0.15) is 11.5 Å². The molecule has 1 aliphatic rings. The average molecular weight is 283 g/mol. The van der Waals surface area contributed by atoms with E-state index in [0.717, 1.165) is 42.4 Å². The molecule has 1 fully saturated rings. The van der Waals surface area contributed by atoms with Gasteiger partial charge >= 0.3 is 0 Å². The maximum Gasteiger partial charge on any atom is 0.270 e. The van der Waals surface area contributed by atoms with Crippen LogP contribution in [0, 0.1) is 0 Å². The van der Waals surface area contributed by atoms with E-state index in [1.165, 1.54) is 0 Å². The van der Waals surface area contributed by atoms with Crippen LogP contribution in [-0.2, 0) is 0 Å². The summed E-state index contributed by atoms with van der Waals surface area (Å²) in [6, 6.07) is 9.89. The van der Waals surface area contributed by atoms with Crippen molar-refractivity contribution in [3.63, 3.8) is 0 Å². The topological polar surface area (TPSA) is 54.0 Å². The molecule has 110 valence electrons. The number of carbonyl (C=O) groups is 1. The normalized spacial score (nSPS) is 15.7. The molecule has 1 amide bonds. The zero-order valence-corrected chi connectivity index (χ0v) is 12.6. The second-order valence-electron chi connectivity index (χ2n) is 6.02. The quantitative estimate of drug-likeness (QED) is 0.885. The summed E-state index contributed by atoms with van der Waals surface area (Å²) >= 11 is 0. The van der Waals surface area contributed by atoms with Crippen molar-refractivity contribution in [1.29, 1.82) is 0 Å². The number of nitrogens with zero attached hydrogens (tertiary/aromatic N) is 1. The number of aromatic nitrogens is 1. The van der Waals surface area contributed by atoms with Gasteiger partial charge in [-0.1, -0.05) is 31.2 Å². The first kappa shape index (κ1) is 13.9. The summed E-state index contributed by atoms with van der Waals surface area (Å²) in [5.41, 5.74) is 0.460. The van der Waals surface area contributed by atoms with E-state index in [2.05, 4.69) is 29.5 Å². The molecular formula is C17H21N3O. The molecule has 0 bridgehead atoms. The van der Waals surface area contributed by atoms with E-state index < -0.39 is 0 Å². The number of benzene rings is 1. The molecule has 4 nitrogen and oxygen atoms in total. The predicted octanol–water partition coefficient (Wildman–Crippen LogP) is 3.34. The Morgan fingerprint density at radius 2 is 2.10 bits per heavy atom. The molecule has 4 heteroatoms. The van der Waals surface area contributed by atoms with Gasteiger partial charge in [0.2, 0.25) is 0 Å². The van der Waals surface area contributed by atoms with Crippen molar-refractivity contribution in [2.24, 2.45) is 0 Å². The fourth-order valence-electron chi connectivity index (χ4n) is 2.34. The molecule has 0 spiro atoms. The summed E-state index contributed by atoms with van der Waals surface area (Å²) in [4.78, 5) is 16.9. The first-order valence-corrected chi connectivity index (χ1v) is 7.57. The van der Waals surface area contributed by atoms with Crippen molar-refractivity contribution in [3.8, 4) is 0 Å². The maximum atomic E-state index is 12.4. The van der Waals surface area contributed by atoms with Crippen LogP contribution in [0.3, 0.4) is 0 Å². The van der Waals surface area contributed by atoms with E-state index in [4.69, 9.17) is 0 Å². The number of fused-ring (bicyclic) bond motifs is 1. The summed E-state index contributed by atoms with van der Waals surface area (Å²) in [7, 11) is 0. The number of amides is 1. The highest BCUT2D eigenvalue weighted by atomic mass is 16.2. The molecule has 0 aliphatic heterocycles. The van der Waals surface area contributed by atoms with Gasteiger partial charge in [0.05, 0.1) is 0 Å². The van der Waals surface area contributed by atoms with Gasteiger partial charge in [-0.05, 0) is 37.6 Å². The Morgan fingerprint density at radius 3 is 2.81 bits per heavy atom. The summed E-state index contributed by atoms with van der Waals surface area (Å²) in [6.07, 6.45) is 3.12. The fraction of sp³-hybridized carbons (Fsp3) is 0.412. The lowest BCUT2D eigenvalue weighted by Crippen LogP contribution is -2.34. The zero-order chi connectivity index (χ0) is 14.9. The van der Waals surface area contributed by atoms with Crippen LogP contribution in [0.15, 0.2) is 30.3 Å². The van der Waals surface area contributed by atoms with Gasteiger partial charge in [-0.15, -0.1) is 0 Å². The van der Waals surface area contributed by atoms with Crippen molar-refractivity contribution in [2.75, 3.05) is 11.9 Å². The SMILES string of the molecule is CCCNc1nc(C(=O)NC2(C)CC2)cc2ccccc12. The fourth-order valence-corrected chi connectivity index (χ4v) is 2.34. The number of hydrogen-bond acceptors (Lipinski definition) is 3. The van der Waals surface area contributed by atoms with Gasteiger partial charge in [-0.3, -0.25) is 4.79 Å². The molecule has 1 saturated carbocycles. The van der Waals surface area contributed by atoms with Gasteiger partial charge in [0.15, 0.2) is 0 Å². The summed E-state index contributed by atoms with van der Waals surface area (Å²) in [5, 5.41) is 8.48. The minimum atomic E-state index is -0.0831. The third-order valence-electron chi connectivity index (χ3n) is 3.93. The lowest BCUT2D eigenvalue weighted by molar-refractivity contribution is 0.0930. The molecule has 1 heterocycles. The van der Waals surface area contributed by atoms with E-state index in [1.54, 1.807) is 0 Å². The van der Waals surface area contributed by atoms with Gasteiger partial charge in [0, 0.05) is 17.5 Å². The Hall–Kier alpha value is -2.10. The number of anilines is 1. The van der Waals surface area contributed by atoms with Crippen LogP contribution in [0.1, 0.15) is 43.6 Å². The molecule has 2 N–H and O–H groups in total. The minimum absolute atomic E-state index is 0.0264. The van der Waals surface area contributed by atoms with Crippen molar-refractivity contribution in [1.82, 2.24) is 10.3 Å². The first-order valence-electron chi connectivity index (χ1n) is 7.57. The average Bonchev–Trinajstić information content (AvgIpc) is 3.21. The molecule has 0 atom stereocenters. The van der Waals surface area contributed by atoms with Gasteiger partial charge in [-0.25, -0.2) is 4.98 Å². The molecule has 1 aromatic heterocycles. The summed E-state index contributed by atoms with van der Waals surface area (Å²) < 4.78 is 0. The van der Waals surface area contributed by atoms with Crippen LogP contribution in [0.2, 0.25) is 0 Å². The van der Waals surface area contributed by atoms with Crippen molar-refractivity contribution < 1.29 is 4.79 Å². The molecule has 0 saturated heterocycles. The second kappa shape index (κ2) is 5.35. The Labute approximate surface area is 125 Å². The standard InChI is InChI=1S/C17H21N3O/c1-3-10-18-15-13-7-5-4-6-12(13)11-14(19-15)16(21)20-17(2)8-9-17/h4-7,11H,3,8-10H2,1-2H3,(H,18,19)(H,20,21). The lowest BCUT2D eigenvalue weighted by Gasteiger charge is -2.14. The van der Waals surface area contributed by atoms with Gasteiger partial charge in [0.25, 0.3) is 5.91 Å². The Bertz CT molecular complexity index is 677. The molecule has 2 aromatic rings. The number of pyridine rings is 1. The number of rotatable bonds is 5. The first-order chi connectivity index (χ1) is 10.1. The lowest BCUT2D eigenvalue weighted by atomic mass is 10.1. The Kier molecular flexibility index (Phi) is 3.53. The Morgan fingerprint density at radius 1 is 1.33 bits per heavy atom. The summed E-state index contributed by atoms with van der Waals surface area (Å²) in [6.45, 7) is 5.03. The van der Waals surface area contributed by atoms with E-state index in [9.17, 15) is 4.79 Å². The van der Waals surface area contributed by atoms with E-state index in [1.807, 2.05) is 30.3 Å². The molecule has 3 rings (SSSR count). The highest BCUT2D eigenvalue weighted by molar-refractivity contribution is 6.00. The van der Waals surface area contributed by atoms with Crippen LogP contribution in [0.4, 0.5) is 5.82 Å². The van der Waals surface area contributed by atoms with Crippen molar-refractivity contribution in [3.05, 3.63) is 36.0 Å². The zero-order valence-electron chi connectivity index (χ0n) is 12.6. The van der Waals surface area contributed by atoms with Crippen LogP contribution >= 0.6 is 0 Å². The van der Waals surface area contributed by atoms with Gasteiger partial charge < -0.3 is 10.6 Å². The van der Waals surface area contributed by atoms with Gasteiger partial charge in [-0.2, -0.15) is 0 Å². The highest BCUT2D eigenvalue weighted by Gasteiger charge is 2.39. The Balaban J connectivity index is 1.96. The van der Waals surface area contributed by atoms with Crippen molar-refractivity contribution in [2.45, 2.75) is 38.6 Å². The smallest absolute Gasteiger partial charge is 0.270 e. The third kappa shape index (κ3) is 2.99. The van der Waals surface area contributed by atoms with Crippen LogP contribution in [0.5, 0.6) is 0 Å². The van der Waals surface area contributed by atoms with E-state index in [-0.39, 0.29) is 11.4 Å². The minimum Gasteiger partial charge on any atom is -0.370 e. The number of hydrogen-bond donors (Lipinski definition) is 2. The van der Waals surface area contributed by atoms with Crippen molar-refractivity contribution >= 4 is 22.5 Å². The molecule has 21 heavy (non-hydrogen) atoms. The molecule has 0 unspecified atom stereocenters. The summed E-state index contributed by atoms with van der Waals surface area (Å²) in [5.74, 6) is 0.710. The largest absolute Gasteiger partial charge is 0.370 e.